The van der Waals surface area contributed by atoms with E-state index >= 15 is 0 Å². The number of nitrogens with one attached hydrogen (secondary N) is 1. The zero-order chi connectivity index (χ0) is 25.9. The van der Waals surface area contributed by atoms with Gasteiger partial charge >= 0.3 is 0 Å². The standard InChI is InChI=1S/C31H38N2O4/c1-24(2)22-33-14-16-35-17-18-37-30-12-11-27(21-28(30)20-25-7-6-8-26(19-25)23-33)31(34)32-13-15-36-29-9-4-3-5-10-29/h3-12,19,21,24H,13-18,20,22-23H2,1-2H3,(H,32,34). The number of fused-ring (bicyclic) bond motifs is 3. The van der Waals surface area contributed by atoms with Gasteiger partial charge in [0.1, 0.15) is 24.7 Å². The van der Waals surface area contributed by atoms with E-state index < -0.39 is 0 Å². The van der Waals surface area contributed by atoms with Crippen LogP contribution in [-0.4, -0.2) is 56.9 Å². The van der Waals surface area contributed by atoms with Crippen LogP contribution in [0, 0.1) is 5.92 Å². The molecule has 1 amide bonds. The summed E-state index contributed by atoms with van der Waals surface area (Å²) in [5.74, 6) is 2.04. The molecule has 0 atom stereocenters. The monoisotopic (exact) mass is 502 g/mol. The highest BCUT2D eigenvalue weighted by Crippen LogP contribution is 2.25. The summed E-state index contributed by atoms with van der Waals surface area (Å²) in [6.07, 6.45) is 0.687. The van der Waals surface area contributed by atoms with Crippen molar-refractivity contribution in [3.8, 4) is 11.5 Å². The Kier molecular flexibility index (Phi) is 9.97. The Hall–Kier alpha value is -3.35. The van der Waals surface area contributed by atoms with Crippen LogP contribution < -0.4 is 14.8 Å². The number of carbonyl (C=O) groups excluding carboxylic acids is 1. The molecule has 0 saturated carbocycles. The Bertz CT molecular complexity index is 1130. The second-order valence-electron chi connectivity index (χ2n) is 9.83. The van der Waals surface area contributed by atoms with E-state index in [2.05, 4.69) is 48.3 Å². The third kappa shape index (κ3) is 8.62. The molecule has 1 aliphatic heterocycles. The topological polar surface area (TPSA) is 60.0 Å². The number of rotatable bonds is 7. The molecule has 3 aromatic rings. The van der Waals surface area contributed by atoms with E-state index in [-0.39, 0.29) is 5.91 Å². The number of nitrogens with zero attached hydrogens (tertiary/aromatic N) is 1. The Morgan fingerprint density at radius 2 is 1.81 bits per heavy atom. The third-order valence-electron chi connectivity index (χ3n) is 6.17. The number of para-hydroxylation sites is 1. The van der Waals surface area contributed by atoms with Crippen LogP contribution >= 0.6 is 0 Å². The van der Waals surface area contributed by atoms with Crippen molar-refractivity contribution in [3.63, 3.8) is 0 Å². The maximum atomic E-state index is 12.9. The van der Waals surface area contributed by atoms with Gasteiger partial charge in [0.2, 0.25) is 0 Å². The van der Waals surface area contributed by atoms with E-state index in [4.69, 9.17) is 14.2 Å². The summed E-state index contributed by atoms with van der Waals surface area (Å²) in [4.78, 5) is 15.3. The SMILES string of the molecule is CC(C)CN1CCOCCOc2ccc(C(=O)NCCOc3ccccc3)cc2Cc2cccc(c2)C1. The fourth-order valence-electron chi connectivity index (χ4n) is 4.53. The van der Waals surface area contributed by atoms with Crippen molar-refractivity contribution in [2.45, 2.75) is 26.8 Å². The van der Waals surface area contributed by atoms with Crippen molar-refractivity contribution in [3.05, 3.63) is 95.1 Å². The zero-order valence-electron chi connectivity index (χ0n) is 21.9. The number of amides is 1. The van der Waals surface area contributed by atoms with Crippen LogP contribution in [0.2, 0.25) is 0 Å². The minimum absolute atomic E-state index is 0.125. The summed E-state index contributed by atoms with van der Waals surface area (Å²) in [6, 6.07) is 23.9. The lowest BCUT2D eigenvalue weighted by molar-refractivity contribution is 0.0746. The van der Waals surface area contributed by atoms with Crippen LogP contribution in [0.3, 0.4) is 0 Å². The van der Waals surface area contributed by atoms with E-state index in [1.54, 1.807) is 0 Å². The van der Waals surface area contributed by atoms with E-state index in [0.29, 0.717) is 50.9 Å². The molecule has 4 rings (SSSR count). The van der Waals surface area contributed by atoms with E-state index in [1.165, 1.54) is 11.1 Å². The highest BCUT2D eigenvalue weighted by Gasteiger charge is 2.14. The minimum atomic E-state index is -0.125. The van der Waals surface area contributed by atoms with Gasteiger partial charge in [0.25, 0.3) is 5.91 Å². The van der Waals surface area contributed by atoms with Crippen LogP contribution in [0.25, 0.3) is 0 Å². The summed E-state index contributed by atoms with van der Waals surface area (Å²) in [5.41, 5.74) is 4.08. The Morgan fingerprint density at radius 3 is 2.65 bits per heavy atom. The molecular formula is C31H38N2O4. The maximum absolute atomic E-state index is 12.9. The van der Waals surface area contributed by atoms with Gasteiger partial charge in [0.05, 0.1) is 19.8 Å². The zero-order valence-corrected chi connectivity index (χ0v) is 21.9. The first kappa shape index (κ1) is 26.7. The first-order valence-corrected chi connectivity index (χ1v) is 13.2. The molecule has 2 bridgehead atoms. The molecule has 37 heavy (non-hydrogen) atoms. The lowest BCUT2D eigenvalue weighted by Gasteiger charge is -2.25. The number of hydrogen-bond donors (Lipinski definition) is 1. The molecule has 0 aromatic heterocycles. The Labute approximate surface area is 220 Å². The second kappa shape index (κ2) is 13.8. The van der Waals surface area contributed by atoms with Crippen molar-refractivity contribution in [1.82, 2.24) is 10.2 Å². The predicted molar refractivity (Wildman–Crippen MR) is 146 cm³/mol. The normalized spacial score (nSPS) is 14.8. The van der Waals surface area contributed by atoms with Crippen LogP contribution in [-0.2, 0) is 17.7 Å². The highest BCUT2D eigenvalue weighted by molar-refractivity contribution is 5.94. The lowest BCUT2D eigenvalue weighted by Crippen LogP contribution is -2.31. The van der Waals surface area contributed by atoms with E-state index in [1.807, 2.05) is 48.5 Å². The van der Waals surface area contributed by atoms with Crippen LogP contribution in [0.4, 0.5) is 0 Å². The second-order valence-corrected chi connectivity index (χ2v) is 9.83. The van der Waals surface area contributed by atoms with Crippen molar-refractivity contribution < 1.29 is 19.0 Å². The summed E-state index contributed by atoms with van der Waals surface area (Å²) in [7, 11) is 0. The first-order chi connectivity index (χ1) is 18.1. The molecule has 1 N–H and O–H groups in total. The number of hydrogen-bond acceptors (Lipinski definition) is 5. The van der Waals surface area contributed by atoms with Gasteiger partial charge < -0.3 is 19.5 Å². The van der Waals surface area contributed by atoms with Crippen LogP contribution in [0.15, 0.2) is 72.8 Å². The van der Waals surface area contributed by atoms with Gasteiger partial charge in [-0.2, -0.15) is 0 Å². The summed E-state index contributed by atoms with van der Waals surface area (Å²) in [5, 5.41) is 2.96. The molecule has 0 aliphatic carbocycles. The maximum Gasteiger partial charge on any atom is 0.251 e. The smallest absolute Gasteiger partial charge is 0.251 e. The molecule has 0 saturated heterocycles. The third-order valence-corrected chi connectivity index (χ3v) is 6.17. The summed E-state index contributed by atoms with van der Waals surface area (Å²) >= 11 is 0. The van der Waals surface area contributed by atoms with Gasteiger partial charge in [-0.15, -0.1) is 0 Å². The highest BCUT2D eigenvalue weighted by atomic mass is 16.5. The molecule has 0 radical (unpaired) electrons. The average Bonchev–Trinajstić information content (AvgIpc) is 2.89. The van der Waals surface area contributed by atoms with Crippen molar-refractivity contribution >= 4 is 5.91 Å². The summed E-state index contributed by atoms with van der Waals surface area (Å²) in [6.45, 7) is 9.83. The van der Waals surface area contributed by atoms with Gasteiger partial charge in [0.15, 0.2) is 0 Å². The predicted octanol–water partition coefficient (Wildman–Crippen LogP) is 4.95. The molecule has 1 aliphatic rings. The van der Waals surface area contributed by atoms with Crippen molar-refractivity contribution in [1.29, 1.82) is 0 Å². The fourth-order valence-corrected chi connectivity index (χ4v) is 4.53. The van der Waals surface area contributed by atoms with Crippen molar-refractivity contribution in [2.75, 3.05) is 46.1 Å². The van der Waals surface area contributed by atoms with Gasteiger partial charge in [-0.1, -0.05) is 56.3 Å². The van der Waals surface area contributed by atoms with Gasteiger partial charge in [-0.3, -0.25) is 9.69 Å². The van der Waals surface area contributed by atoms with Crippen molar-refractivity contribution in [2.24, 2.45) is 5.92 Å². The molecule has 0 unspecified atom stereocenters. The van der Waals surface area contributed by atoms with Gasteiger partial charge in [0, 0.05) is 31.6 Å². The minimum Gasteiger partial charge on any atom is -0.492 e. The molecule has 1 heterocycles. The number of benzene rings is 3. The molecule has 0 spiro atoms. The molecular weight excluding hydrogens is 464 g/mol. The largest absolute Gasteiger partial charge is 0.492 e. The van der Waals surface area contributed by atoms with Gasteiger partial charge in [-0.05, 0) is 52.9 Å². The lowest BCUT2D eigenvalue weighted by atomic mass is 9.99. The molecule has 196 valence electrons. The molecule has 6 heteroatoms. The Balaban J connectivity index is 1.45. The van der Waals surface area contributed by atoms with Crippen LogP contribution in [0.5, 0.6) is 11.5 Å². The van der Waals surface area contributed by atoms with Gasteiger partial charge in [-0.25, -0.2) is 0 Å². The number of carbonyl (C=O) groups is 1. The quantitative estimate of drug-likeness (QED) is 0.463. The first-order valence-electron chi connectivity index (χ1n) is 13.2. The number of ether oxygens (including phenoxy) is 3. The summed E-state index contributed by atoms with van der Waals surface area (Å²) < 4.78 is 17.6. The van der Waals surface area contributed by atoms with Crippen LogP contribution in [0.1, 0.15) is 40.9 Å². The average molecular weight is 503 g/mol. The van der Waals surface area contributed by atoms with E-state index in [9.17, 15) is 4.79 Å². The molecule has 3 aromatic carbocycles. The molecule has 0 fully saturated rings. The fraction of sp³-hybridized carbons (Fsp3) is 0.387. The Morgan fingerprint density at radius 1 is 0.973 bits per heavy atom. The molecule has 6 nitrogen and oxygen atoms in total. The van der Waals surface area contributed by atoms with E-state index in [0.717, 1.165) is 36.7 Å².